The fourth-order valence-electron chi connectivity index (χ4n) is 2.70. The molecule has 3 N–H and O–H groups in total. The highest BCUT2D eigenvalue weighted by Gasteiger charge is 2.28. The van der Waals surface area contributed by atoms with Gasteiger partial charge >= 0.3 is 6.09 Å². The van der Waals surface area contributed by atoms with E-state index in [9.17, 15) is 15.0 Å². The predicted molar refractivity (Wildman–Crippen MR) is 109 cm³/mol. The van der Waals surface area contributed by atoms with E-state index in [-0.39, 0.29) is 18.8 Å². The summed E-state index contributed by atoms with van der Waals surface area (Å²) in [6.45, 7) is 2.05. The van der Waals surface area contributed by atoms with Crippen molar-refractivity contribution in [2.24, 2.45) is 0 Å². The number of aliphatic hydroxyl groups is 1. The number of amides is 1. The van der Waals surface area contributed by atoms with Gasteiger partial charge in [0.1, 0.15) is 6.10 Å². The summed E-state index contributed by atoms with van der Waals surface area (Å²) >= 11 is 3.34. The Kier molecular flexibility index (Phi) is 8.56. The number of phenols is 1. The molecule has 0 aliphatic carbocycles. The molecule has 8 heteroatoms. The van der Waals surface area contributed by atoms with Crippen LogP contribution in [0.4, 0.5) is 10.5 Å². The number of carbonyl (C=O) groups is 1. The van der Waals surface area contributed by atoms with E-state index in [1.807, 2.05) is 6.92 Å². The highest BCUT2D eigenvalue weighted by molar-refractivity contribution is 9.10. The second-order valence-corrected chi connectivity index (χ2v) is 6.81. The number of anilines is 1. The van der Waals surface area contributed by atoms with Gasteiger partial charge in [0.2, 0.25) is 0 Å². The van der Waals surface area contributed by atoms with Gasteiger partial charge in [0.05, 0.1) is 7.11 Å². The third-order valence-corrected chi connectivity index (χ3v) is 4.52. The first-order valence-corrected chi connectivity index (χ1v) is 9.60. The van der Waals surface area contributed by atoms with Crippen molar-refractivity contribution in [1.29, 1.82) is 0 Å². The van der Waals surface area contributed by atoms with Gasteiger partial charge in [0, 0.05) is 29.8 Å². The van der Waals surface area contributed by atoms with Crippen molar-refractivity contribution < 1.29 is 29.2 Å². The van der Waals surface area contributed by atoms with Gasteiger partial charge in [0.15, 0.2) is 17.6 Å². The molecule has 0 unspecified atom stereocenters. The number of hydrogen-bond acceptors (Lipinski definition) is 6. The standard InChI is InChI=1S/C20H24BrNO6/c1-3-27-18(10-11-23)19(13-4-9-17(26-2)16(24)12-13)28-20(25)22-15-7-5-14(21)6-8-15/h4-9,12,18-19,23-24H,3,10-11H2,1-2H3,(H,22,25)/t18-,19-/m0/s1. The lowest BCUT2D eigenvalue weighted by atomic mass is 10.0. The Morgan fingerprint density at radius 3 is 2.50 bits per heavy atom. The van der Waals surface area contributed by atoms with Crippen molar-refractivity contribution in [3.63, 3.8) is 0 Å². The molecular weight excluding hydrogens is 430 g/mol. The maximum Gasteiger partial charge on any atom is 0.412 e. The molecule has 152 valence electrons. The maximum absolute atomic E-state index is 12.5. The van der Waals surface area contributed by atoms with Gasteiger partial charge in [-0.3, -0.25) is 5.32 Å². The SMILES string of the molecule is CCO[C@@H](CCO)[C@@H](OC(=O)Nc1ccc(Br)cc1)c1ccc(OC)c(O)c1. The zero-order valence-electron chi connectivity index (χ0n) is 15.7. The first-order valence-electron chi connectivity index (χ1n) is 8.81. The molecule has 0 heterocycles. The van der Waals surface area contributed by atoms with Gasteiger partial charge in [-0.15, -0.1) is 0 Å². The normalized spacial score (nSPS) is 12.9. The van der Waals surface area contributed by atoms with Crippen LogP contribution in [0.2, 0.25) is 0 Å². The van der Waals surface area contributed by atoms with Crippen molar-refractivity contribution in [2.75, 3.05) is 25.6 Å². The molecule has 0 aromatic heterocycles. The Balaban J connectivity index is 2.25. The largest absolute Gasteiger partial charge is 0.504 e. The molecule has 1 amide bonds. The zero-order valence-corrected chi connectivity index (χ0v) is 17.3. The van der Waals surface area contributed by atoms with Crippen LogP contribution in [-0.4, -0.2) is 42.7 Å². The average Bonchev–Trinajstić information content (AvgIpc) is 2.68. The molecule has 7 nitrogen and oxygen atoms in total. The van der Waals surface area contributed by atoms with Crippen LogP contribution < -0.4 is 10.1 Å². The molecule has 0 aliphatic heterocycles. The van der Waals surface area contributed by atoms with Gasteiger partial charge < -0.3 is 24.4 Å². The quantitative estimate of drug-likeness (QED) is 0.525. The lowest BCUT2D eigenvalue weighted by Crippen LogP contribution is -2.29. The number of halogens is 1. The summed E-state index contributed by atoms with van der Waals surface area (Å²) in [4.78, 5) is 12.5. The molecule has 0 fully saturated rings. The number of phenolic OH excluding ortho intramolecular Hbond substituents is 1. The molecule has 0 bridgehead atoms. The van der Waals surface area contributed by atoms with Crippen LogP contribution in [0.5, 0.6) is 11.5 Å². The predicted octanol–water partition coefficient (Wildman–Crippen LogP) is 4.24. The van der Waals surface area contributed by atoms with E-state index in [0.29, 0.717) is 23.6 Å². The second-order valence-electron chi connectivity index (χ2n) is 5.90. The average molecular weight is 454 g/mol. The number of benzene rings is 2. The Bertz CT molecular complexity index is 762. The summed E-state index contributed by atoms with van der Waals surface area (Å²) in [5.41, 5.74) is 1.09. The molecule has 2 rings (SSSR count). The summed E-state index contributed by atoms with van der Waals surface area (Å²) < 4.78 is 17.2. The van der Waals surface area contributed by atoms with Gasteiger partial charge in [-0.1, -0.05) is 22.0 Å². The molecule has 0 radical (unpaired) electrons. The molecule has 2 atom stereocenters. The van der Waals surface area contributed by atoms with Crippen LogP contribution in [0.25, 0.3) is 0 Å². The van der Waals surface area contributed by atoms with Crippen LogP contribution in [0.15, 0.2) is 46.9 Å². The van der Waals surface area contributed by atoms with E-state index in [1.54, 1.807) is 36.4 Å². The number of aromatic hydroxyl groups is 1. The van der Waals surface area contributed by atoms with E-state index in [0.717, 1.165) is 4.47 Å². The molecule has 28 heavy (non-hydrogen) atoms. The molecule has 0 spiro atoms. The first-order chi connectivity index (χ1) is 13.5. The van der Waals surface area contributed by atoms with Crippen molar-refractivity contribution >= 4 is 27.7 Å². The second kappa shape index (κ2) is 10.9. The van der Waals surface area contributed by atoms with Crippen molar-refractivity contribution in [3.05, 3.63) is 52.5 Å². The Morgan fingerprint density at radius 2 is 1.93 bits per heavy atom. The molecule has 2 aromatic rings. The fourth-order valence-corrected chi connectivity index (χ4v) is 2.97. The Morgan fingerprint density at radius 1 is 1.21 bits per heavy atom. The maximum atomic E-state index is 12.5. The number of methoxy groups -OCH3 is 1. The van der Waals surface area contributed by atoms with Crippen LogP contribution in [0, 0.1) is 0 Å². The molecule has 0 saturated carbocycles. The topological polar surface area (TPSA) is 97.2 Å². The van der Waals surface area contributed by atoms with Crippen LogP contribution in [0.3, 0.4) is 0 Å². The molecule has 0 saturated heterocycles. The lowest BCUT2D eigenvalue weighted by molar-refractivity contribution is -0.0484. The van der Waals surface area contributed by atoms with Crippen molar-refractivity contribution in [1.82, 2.24) is 0 Å². The van der Waals surface area contributed by atoms with Gasteiger partial charge in [-0.05, 0) is 48.9 Å². The van der Waals surface area contributed by atoms with E-state index in [1.165, 1.54) is 13.2 Å². The highest BCUT2D eigenvalue weighted by atomic mass is 79.9. The fraction of sp³-hybridized carbons (Fsp3) is 0.350. The number of rotatable bonds is 9. The monoisotopic (exact) mass is 453 g/mol. The minimum absolute atomic E-state index is 0.0823. The summed E-state index contributed by atoms with van der Waals surface area (Å²) in [6.07, 6.45) is -1.83. The van der Waals surface area contributed by atoms with Gasteiger partial charge in [0.25, 0.3) is 0 Å². The molecular formula is C20H24BrNO6. The van der Waals surface area contributed by atoms with E-state index in [2.05, 4.69) is 21.2 Å². The Hall–Kier alpha value is -2.29. The van der Waals surface area contributed by atoms with Crippen molar-refractivity contribution in [3.8, 4) is 11.5 Å². The van der Waals surface area contributed by atoms with Crippen molar-refractivity contribution in [2.45, 2.75) is 25.6 Å². The number of aliphatic hydroxyl groups excluding tert-OH is 1. The third kappa shape index (κ3) is 6.12. The first kappa shape index (κ1) is 22.0. The van der Waals surface area contributed by atoms with E-state index < -0.39 is 18.3 Å². The van der Waals surface area contributed by atoms with Crippen LogP contribution in [0.1, 0.15) is 25.0 Å². The van der Waals surface area contributed by atoms with Gasteiger partial charge in [-0.25, -0.2) is 4.79 Å². The van der Waals surface area contributed by atoms with Gasteiger partial charge in [-0.2, -0.15) is 0 Å². The minimum atomic E-state index is -0.834. The summed E-state index contributed by atoms with van der Waals surface area (Å²) in [5.74, 6) is 0.220. The molecule has 0 aliphatic rings. The van der Waals surface area contributed by atoms with Crippen LogP contribution >= 0.6 is 15.9 Å². The van der Waals surface area contributed by atoms with E-state index >= 15 is 0 Å². The summed E-state index contributed by atoms with van der Waals surface area (Å²) in [6, 6.07) is 11.8. The Labute approximate surface area is 172 Å². The highest BCUT2D eigenvalue weighted by Crippen LogP contribution is 2.33. The number of nitrogens with one attached hydrogen (secondary N) is 1. The number of ether oxygens (including phenoxy) is 3. The zero-order chi connectivity index (χ0) is 20.5. The lowest BCUT2D eigenvalue weighted by Gasteiger charge is -2.27. The third-order valence-electron chi connectivity index (χ3n) is 3.99. The van der Waals surface area contributed by atoms with Crippen LogP contribution in [-0.2, 0) is 9.47 Å². The molecule has 2 aromatic carbocycles. The number of carbonyl (C=O) groups excluding carboxylic acids is 1. The summed E-state index contributed by atoms with van der Waals surface area (Å²) in [7, 11) is 1.45. The summed E-state index contributed by atoms with van der Waals surface area (Å²) in [5, 5.41) is 22.1. The smallest absolute Gasteiger partial charge is 0.412 e. The number of hydrogen-bond donors (Lipinski definition) is 3. The minimum Gasteiger partial charge on any atom is -0.504 e. The van der Waals surface area contributed by atoms with E-state index in [4.69, 9.17) is 14.2 Å².